The van der Waals surface area contributed by atoms with Crippen molar-refractivity contribution < 1.29 is 4.79 Å². The molecule has 1 amide bonds. The third-order valence-electron chi connectivity index (χ3n) is 5.06. The second-order valence-electron chi connectivity index (χ2n) is 7.16. The highest BCUT2D eigenvalue weighted by molar-refractivity contribution is 7.99. The summed E-state index contributed by atoms with van der Waals surface area (Å²) in [5.74, 6) is 0.283. The predicted octanol–water partition coefficient (Wildman–Crippen LogP) is 3.57. The number of hydrogen-bond acceptors (Lipinski definition) is 5. The molecule has 4 rings (SSSR count). The van der Waals surface area contributed by atoms with Crippen LogP contribution < -0.4 is 5.32 Å². The van der Waals surface area contributed by atoms with E-state index < -0.39 is 0 Å². The number of tetrazole rings is 1. The van der Waals surface area contributed by atoms with Gasteiger partial charge in [0.1, 0.15) is 0 Å². The van der Waals surface area contributed by atoms with Crippen LogP contribution >= 0.6 is 11.8 Å². The summed E-state index contributed by atoms with van der Waals surface area (Å²) in [6, 6.07) is 14.6. The third kappa shape index (κ3) is 3.94. The van der Waals surface area contributed by atoms with Crippen LogP contribution in [0.4, 0.5) is 0 Å². The molecule has 1 aliphatic rings. The molecule has 0 saturated carbocycles. The van der Waals surface area contributed by atoms with Crippen molar-refractivity contribution in [2.45, 2.75) is 44.3 Å². The largest absolute Gasteiger partial charge is 0.349 e. The first-order valence-corrected chi connectivity index (χ1v) is 10.5. The second-order valence-corrected chi connectivity index (χ2v) is 8.11. The fraction of sp³-hybridized carbons (Fsp3) is 0.333. The summed E-state index contributed by atoms with van der Waals surface area (Å²) in [6.45, 7) is 4.09. The minimum absolute atomic E-state index is 0.00174. The molecule has 0 saturated heterocycles. The van der Waals surface area contributed by atoms with Crippen molar-refractivity contribution in [1.29, 1.82) is 0 Å². The van der Waals surface area contributed by atoms with Gasteiger partial charge in [-0.25, -0.2) is 0 Å². The number of aromatic nitrogens is 4. The maximum absolute atomic E-state index is 12.6. The van der Waals surface area contributed by atoms with Crippen LogP contribution in [0.5, 0.6) is 0 Å². The van der Waals surface area contributed by atoms with Gasteiger partial charge in [-0.05, 0) is 66.3 Å². The van der Waals surface area contributed by atoms with Crippen molar-refractivity contribution in [3.63, 3.8) is 0 Å². The number of benzene rings is 2. The number of carbonyl (C=O) groups excluding carboxylic acids is 1. The molecule has 0 bridgehead atoms. The normalized spacial score (nSPS) is 15.9. The van der Waals surface area contributed by atoms with Gasteiger partial charge in [-0.1, -0.05) is 53.7 Å². The molecular weight excluding hydrogens is 370 g/mol. The highest BCUT2D eigenvalue weighted by Gasteiger charge is 2.22. The molecule has 0 radical (unpaired) electrons. The first kappa shape index (κ1) is 18.7. The summed E-state index contributed by atoms with van der Waals surface area (Å²) in [6.07, 6.45) is 3.16. The monoisotopic (exact) mass is 393 g/mol. The Labute approximate surface area is 168 Å². The van der Waals surface area contributed by atoms with Crippen LogP contribution in [0.25, 0.3) is 5.69 Å². The molecule has 3 aromatic rings. The molecule has 1 N–H and O–H groups in total. The van der Waals surface area contributed by atoms with Gasteiger partial charge in [-0.3, -0.25) is 4.79 Å². The number of carbonyl (C=O) groups is 1. The van der Waals surface area contributed by atoms with Gasteiger partial charge in [0.15, 0.2) is 0 Å². The Balaban J connectivity index is 1.42. The molecule has 2 aromatic carbocycles. The number of hydrogen-bond donors (Lipinski definition) is 1. The van der Waals surface area contributed by atoms with E-state index in [1.54, 1.807) is 4.68 Å². The second kappa shape index (κ2) is 8.14. The number of nitrogens with zero attached hydrogens (tertiary/aromatic N) is 4. The minimum atomic E-state index is 0.00174. The average molecular weight is 394 g/mol. The van der Waals surface area contributed by atoms with Gasteiger partial charge in [-0.15, -0.1) is 5.10 Å². The molecule has 6 nitrogen and oxygen atoms in total. The maximum atomic E-state index is 12.6. The zero-order valence-electron chi connectivity index (χ0n) is 16.1. The molecule has 1 aromatic heterocycles. The van der Waals surface area contributed by atoms with Gasteiger partial charge >= 0.3 is 0 Å². The first-order valence-electron chi connectivity index (χ1n) is 9.48. The molecule has 0 spiro atoms. The van der Waals surface area contributed by atoms with Crippen molar-refractivity contribution in [2.24, 2.45) is 0 Å². The van der Waals surface area contributed by atoms with Crippen LogP contribution in [0.1, 0.15) is 41.1 Å². The summed E-state index contributed by atoms with van der Waals surface area (Å²) in [4.78, 5) is 12.6. The summed E-state index contributed by atoms with van der Waals surface area (Å²) in [5.41, 5.74) is 5.80. The van der Waals surface area contributed by atoms with E-state index in [1.165, 1.54) is 28.5 Å². The molecule has 28 heavy (non-hydrogen) atoms. The van der Waals surface area contributed by atoms with Gasteiger partial charge in [-0.2, -0.15) is 4.68 Å². The predicted molar refractivity (Wildman–Crippen MR) is 110 cm³/mol. The highest BCUT2D eigenvalue weighted by Crippen LogP contribution is 2.29. The molecule has 7 heteroatoms. The lowest BCUT2D eigenvalue weighted by Crippen LogP contribution is -2.32. The standard InChI is InChI=1S/C21H23N5OS/c1-14-10-11-19(15(2)12-14)26-21(23-24-25-26)28-13-20(27)22-18-9-5-7-16-6-3-4-8-17(16)18/h3-4,6,8,10-12,18H,5,7,9,13H2,1-2H3,(H,22,27)/t18-/m1/s1. The molecule has 0 unspecified atom stereocenters. The van der Waals surface area contributed by atoms with Crippen LogP contribution in [0, 0.1) is 13.8 Å². The number of fused-ring (bicyclic) bond motifs is 1. The Kier molecular flexibility index (Phi) is 5.43. The Morgan fingerprint density at radius 1 is 1.25 bits per heavy atom. The maximum Gasteiger partial charge on any atom is 0.230 e. The van der Waals surface area contributed by atoms with Crippen LogP contribution in [0.3, 0.4) is 0 Å². The quantitative estimate of drug-likeness (QED) is 0.671. The van der Waals surface area contributed by atoms with Gasteiger partial charge in [0.05, 0.1) is 17.5 Å². The summed E-state index contributed by atoms with van der Waals surface area (Å²) in [7, 11) is 0. The third-order valence-corrected chi connectivity index (χ3v) is 5.98. The lowest BCUT2D eigenvalue weighted by Gasteiger charge is -2.26. The van der Waals surface area contributed by atoms with Crippen molar-refractivity contribution in [3.8, 4) is 5.69 Å². The van der Waals surface area contributed by atoms with E-state index >= 15 is 0 Å². The molecule has 1 aliphatic carbocycles. The summed E-state index contributed by atoms with van der Waals surface area (Å²) >= 11 is 1.35. The van der Waals surface area contributed by atoms with Crippen molar-refractivity contribution >= 4 is 17.7 Å². The van der Waals surface area contributed by atoms with E-state index in [-0.39, 0.29) is 17.7 Å². The van der Waals surface area contributed by atoms with Crippen LogP contribution in [0.15, 0.2) is 47.6 Å². The molecule has 0 aliphatic heterocycles. The van der Waals surface area contributed by atoms with Gasteiger partial charge in [0.25, 0.3) is 0 Å². The van der Waals surface area contributed by atoms with E-state index in [2.05, 4.69) is 52.0 Å². The number of aryl methyl sites for hydroxylation is 3. The smallest absolute Gasteiger partial charge is 0.230 e. The van der Waals surface area contributed by atoms with E-state index in [0.717, 1.165) is 30.5 Å². The first-order chi connectivity index (χ1) is 13.6. The lowest BCUT2D eigenvalue weighted by molar-refractivity contribution is -0.119. The number of nitrogens with one attached hydrogen (secondary N) is 1. The molecule has 1 heterocycles. The zero-order valence-corrected chi connectivity index (χ0v) is 16.9. The van der Waals surface area contributed by atoms with Crippen molar-refractivity contribution in [2.75, 3.05) is 5.75 Å². The SMILES string of the molecule is Cc1ccc(-n2nnnc2SCC(=O)N[C@@H]2CCCc3ccccc32)c(C)c1. The van der Waals surface area contributed by atoms with Crippen LogP contribution in [-0.4, -0.2) is 31.9 Å². The van der Waals surface area contributed by atoms with E-state index in [4.69, 9.17) is 0 Å². The fourth-order valence-corrected chi connectivity index (χ4v) is 4.43. The Hall–Kier alpha value is -2.67. The van der Waals surface area contributed by atoms with Crippen LogP contribution in [-0.2, 0) is 11.2 Å². The van der Waals surface area contributed by atoms with Crippen LogP contribution in [0.2, 0.25) is 0 Å². The Morgan fingerprint density at radius 2 is 2.11 bits per heavy atom. The Bertz CT molecular complexity index is 1000. The highest BCUT2D eigenvalue weighted by atomic mass is 32.2. The number of rotatable bonds is 5. The molecule has 1 atom stereocenters. The van der Waals surface area contributed by atoms with E-state index in [9.17, 15) is 4.79 Å². The van der Waals surface area contributed by atoms with E-state index in [1.807, 2.05) is 25.1 Å². The summed E-state index contributed by atoms with van der Waals surface area (Å²) < 4.78 is 1.70. The minimum Gasteiger partial charge on any atom is -0.349 e. The average Bonchev–Trinajstić information content (AvgIpc) is 3.15. The lowest BCUT2D eigenvalue weighted by atomic mass is 9.88. The summed E-state index contributed by atoms with van der Waals surface area (Å²) in [5, 5.41) is 15.8. The number of thioether (sulfide) groups is 1. The van der Waals surface area contributed by atoms with Crippen molar-refractivity contribution in [1.82, 2.24) is 25.5 Å². The van der Waals surface area contributed by atoms with Gasteiger partial charge in [0.2, 0.25) is 11.1 Å². The van der Waals surface area contributed by atoms with Crippen molar-refractivity contribution in [3.05, 3.63) is 64.7 Å². The van der Waals surface area contributed by atoms with Gasteiger partial charge < -0.3 is 5.32 Å². The molecular formula is C21H23N5OS. The zero-order chi connectivity index (χ0) is 19.5. The van der Waals surface area contributed by atoms with Gasteiger partial charge in [0, 0.05) is 0 Å². The fourth-order valence-electron chi connectivity index (χ4n) is 3.73. The topological polar surface area (TPSA) is 72.7 Å². The Morgan fingerprint density at radius 3 is 2.96 bits per heavy atom. The number of amides is 1. The van der Waals surface area contributed by atoms with E-state index in [0.29, 0.717) is 5.16 Å². The molecule has 0 fully saturated rings. The molecule has 144 valence electrons.